The summed E-state index contributed by atoms with van der Waals surface area (Å²) in [5, 5.41) is 1.95. The number of carbonyl (C=O) groups excluding carboxylic acids is 1. The lowest BCUT2D eigenvalue weighted by molar-refractivity contribution is -0.174. The molecule has 5 nitrogen and oxygen atoms in total. The van der Waals surface area contributed by atoms with E-state index in [2.05, 4.69) is 4.90 Å². The van der Waals surface area contributed by atoms with Crippen molar-refractivity contribution in [2.24, 2.45) is 0 Å². The maximum atomic E-state index is 12.4. The highest BCUT2D eigenvalue weighted by atomic mass is 19.4. The molecule has 2 aromatic rings. The van der Waals surface area contributed by atoms with Crippen LogP contribution in [0.1, 0.15) is 25.5 Å². The van der Waals surface area contributed by atoms with Crippen LogP contribution in [0, 0.1) is 0 Å². The third kappa shape index (κ3) is 5.34. The fraction of sp³-hybridized carbons (Fsp3) is 0.381. The van der Waals surface area contributed by atoms with Crippen LogP contribution in [-0.2, 0) is 4.79 Å². The minimum Gasteiger partial charge on any atom is -0.494 e. The van der Waals surface area contributed by atoms with E-state index >= 15 is 0 Å². The van der Waals surface area contributed by atoms with Crippen molar-refractivity contribution in [1.29, 1.82) is 0 Å². The Balaban J connectivity index is 1.49. The Bertz CT molecular complexity index is 817. The predicted molar refractivity (Wildman–Crippen MR) is 103 cm³/mol. The Morgan fingerprint density at radius 3 is 2.24 bits per heavy atom. The zero-order valence-corrected chi connectivity index (χ0v) is 16.2. The molecule has 0 aromatic heterocycles. The lowest BCUT2D eigenvalue weighted by atomic mass is 10.1. The first-order valence-electron chi connectivity index (χ1n) is 9.38. The highest BCUT2D eigenvalue weighted by Crippen LogP contribution is 2.27. The van der Waals surface area contributed by atoms with Crippen molar-refractivity contribution in [2.75, 3.05) is 24.6 Å². The number of rotatable bonds is 7. The van der Waals surface area contributed by atoms with E-state index < -0.39 is 18.1 Å². The van der Waals surface area contributed by atoms with Gasteiger partial charge in [-0.2, -0.15) is 13.2 Å². The summed E-state index contributed by atoms with van der Waals surface area (Å²) in [6, 6.07) is 13.9. The SMILES string of the molecule is CCOc1ccc(OC2CN(c3ccc([C@H](C)NC(=O)C(F)(F)F)cc3)C2)cc1. The Kier molecular flexibility index (Phi) is 6.20. The fourth-order valence-corrected chi connectivity index (χ4v) is 3.03. The van der Waals surface area contributed by atoms with Gasteiger partial charge in [0.2, 0.25) is 0 Å². The van der Waals surface area contributed by atoms with E-state index in [1.165, 1.54) is 6.92 Å². The third-order valence-corrected chi connectivity index (χ3v) is 4.65. The summed E-state index contributed by atoms with van der Waals surface area (Å²) in [7, 11) is 0. The molecule has 1 saturated heterocycles. The van der Waals surface area contributed by atoms with Crippen LogP contribution < -0.4 is 19.7 Å². The molecule has 1 aliphatic heterocycles. The van der Waals surface area contributed by atoms with Gasteiger partial charge in [0.25, 0.3) is 0 Å². The van der Waals surface area contributed by atoms with E-state index in [9.17, 15) is 18.0 Å². The van der Waals surface area contributed by atoms with Gasteiger partial charge in [0.1, 0.15) is 17.6 Å². The normalized spacial score (nSPS) is 15.4. The first-order chi connectivity index (χ1) is 13.8. The number of hydrogen-bond acceptors (Lipinski definition) is 4. The lowest BCUT2D eigenvalue weighted by Gasteiger charge is -2.40. The van der Waals surface area contributed by atoms with Crippen LogP contribution >= 0.6 is 0 Å². The van der Waals surface area contributed by atoms with E-state index in [0.717, 1.165) is 17.2 Å². The number of ether oxygens (including phenoxy) is 2. The average Bonchev–Trinajstić information content (AvgIpc) is 2.65. The number of anilines is 1. The number of nitrogens with one attached hydrogen (secondary N) is 1. The molecule has 2 aromatic carbocycles. The first-order valence-corrected chi connectivity index (χ1v) is 9.38. The zero-order valence-electron chi connectivity index (χ0n) is 16.2. The Morgan fingerprint density at radius 1 is 1.10 bits per heavy atom. The largest absolute Gasteiger partial charge is 0.494 e. The number of alkyl halides is 3. The Hall–Kier alpha value is -2.90. The van der Waals surface area contributed by atoms with Crippen LogP contribution in [0.5, 0.6) is 11.5 Å². The van der Waals surface area contributed by atoms with E-state index in [1.807, 2.05) is 48.6 Å². The molecule has 0 saturated carbocycles. The molecule has 1 amide bonds. The van der Waals surface area contributed by atoms with Gasteiger partial charge in [0.05, 0.1) is 25.7 Å². The molecule has 29 heavy (non-hydrogen) atoms. The first kappa shape index (κ1) is 20.8. The van der Waals surface area contributed by atoms with Crippen LogP contribution in [0.2, 0.25) is 0 Å². The monoisotopic (exact) mass is 408 g/mol. The number of hydrogen-bond donors (Lipinski definition) is 1. The molecule has 1 N–H and O–H groups in total. The topological polar surface area (TPSA) is 50.8 Å². The highest BCUT2D eigenvalue weighted by molar-refractivity contribution is 5.82. The standard InChI is InChI=1S/C21H23F3N2O3/c1-3-28-17-8-10-18(11-9-17)29-19-12-26(13-19)16-6-4-15(5-7-16)14(2)25-20(27)21(22,23)24/h4-11,14,19H,3,12-13H2,1-2H3,(H,25,27)/t14-/m0/s1. The molecule has 156 valence electrons. The van der Waals surface area contributed by atoms with Crippen molar-refractivity contribution in [3.05, 3.63) is 54.1 Å². The van der Waals surface area contributed by atoms with Gasteiger partial charge >= 0.3 is 12.1 Å². The van der Waals surface area contributed by atoms with Gasteiger partial charge in [-0.05, 0) is 55.8 Å². The Morgan fingerprint density at radius 2 is 1.69 bits per heavy atom. The second kappa shape index (κ2) is 8.63. The van der Waals surface area contributed by atoms with Gasteiger partial charge in [0.15, 0.2) is 0 Å². The molecular formula is C21H23F3N2O3. The van der Waals surface area contributed by atoms with E-state index in [-0.39, 0.29) is 6.10 Å². The summed E-state index contributed by atoms with van der Waals surface area (Å²) in [4.78, 5) is 13.2. The molecule has 1 aliphatic rings. The predicted octanol–water partition coefficient (Wildman–Crippen LogP) is 4.09. The average molecular weight is 408 g/mol. The van der Waals surface area contributed by atoms with Crippen molar-refractivity contribution in [3.63, 3.8) is 0 Å². The molecule has 0 radical (unpaired) electrons. The molecule has 0 spiro atoms. The van der Waals surface area contributed by atoms with Crippen molar-refractivity contribution < 1.29 is 27.4 Å². The molecule has 0 bridgehead atoms. The zero-order chi connectivity index (χ0) is 21.0. The van der Waals surface area contributed by atoms with Crippen LogP contribution in [0.3, 0.4) is 0 Å². The van der Waals surface area contributed by atoms with Crippen molar-refractivity contribution in [3.8, 4) is 11.5 Å². The summed E-state index contributed by atoms with van der Waals surface area (Å²) in [5.41, 5.74) is 1.56. The second-order valence-corrected chi connectivity index (χ2v) is 6.83. The van der Waals surface area contributed by atoms with Crippen LogP contribution in [0.25, 0.3) is 0 Å². The van der Waals surface area contributed by atoms with Gasteiger partial charge in [-0.25, -0.2) is 0 Å². The molecule has 1 fully saturated rings. The van der Waals surface area contributed by atoms with Gasteiger partial charge < -0.3 is 19.7 Å². The lowest BCUT2D eigenvalue weighted by Crippen LogP contribution is -2.54. The number of halogens is 3. The quantitative estimate of drug-likeness (QED) is 0.750. The van der Waals surface area contributed by atoms with Crippen molar-refractivity contribution >= 4 is 11.6 Å². The van der Waals surface area contributed by atoms with E-state index in [0.29, 0.717) is 25.3 Å². The van der Waals surface area contributed by atoms with Crippen LogP contribution in [-0.4, -0.2) is 37.9 Å². The van der Waals surface area contributed by atoms with E-state index in [4.69, 9.17) is 9.47 Å². The fourth-order valence-electron chi connectivity index (χ4n) is 3.03. The number of amides is 1. The van der Waals surface area contributed by atoms with Gasteiger partial charge in [-0.3, -0.25) is 4.79 Å². The maximum absolute atomic E-state index is 12.4. The summed E-state index contributed by atoms with van der Waals surface area (Å²) in [6.07, 6.45) is -4.82. The Labute approximate surface area is 167 Å². The summed E-state index contributed by atoms with van der Waals surface area (Å²) < 4.78 is 48.4. The number of nitrogens with zero attached hydrogens (tertiary/aromatic N) is 1. The van der Waals surface area contributed by atoms with Gasteiger partial charge in [0, 0.05) is 5.69 Å². The molecule has 3 rings (SSSR count). The number of benzene rings is 2. The van der Waals surface area contributed by atoms with Gasteiger partial charge in [-0.15, -0.1) is 0 Å². The molecule has 1 atom stereocenters. The second-order valence-electron chi connectivity index (χ2n) is 6.83. The summed E-state index contributed by atoms with van der Waals surface area (Å²) in [6.45, 7) is 5.49. The molecule has 0 unspecified atom stereocenters. The minimum absolute atomic E-state index is 0.0672. The maximum Gasteiger partial charge on any atom is 0.471 e. The molecule has 1 heterocycles. The summed E-state index contributed by atoms with van der Waals surface area (Å²) >= 11 is 0. The van der Waals surface area contributed by atoms with E-state index in [1.54, 1.807) is 12.1 Å². The number of carbonyl (C=O) groups is 1. The molecular weight excluding hydrogens is 385 g/mol. The van der Waals surface area contributed by atoms with Crippen molar-refractivity contribution in [1.82, 2.24) is 5.32 Å². The molecule has 0 aliphatic carbocycles. The summed E-state index contributed by atoms with van der Waals surface area (Å²) in [5.74, 6) is -0.357. The smallest absolute Gasteiger partial charge is 0.471 e. The van der Waals surface area contributed by atoms with Crippen LogP contribution in [0.15, 0.2) is 48.5 Å². The van der Waals surface area contributed by atoms with Crippen LogP contribution in [0.4, 0.5) is 18.9 Å². The van der Waals surface area contributed by atoms with Crippen molar-refractivity contribution in [2.45, 2.75) is 32.2 Å². The minimum atomic E-state index is -4.88. The highest BCUT2D eigenvalue weighted by Gasteiger charge is 2.39. The molecule has 8 heteroatoms. The third-order valence-electron chi connectivity index (χ3n) is 4.65. The van der Waals surface area contributed by atoms with Gasteiger partial charge in [-0.1, -0.05) is 12.1 Å².